The Labute approximate surface area is 219 Å². The number of fused-ring (bicyclic) bond motifs is 1. The van der Waals surface area contributed by atoms with Crippen molar-refractivity contribution in [3.05, 3.63) is 61.0 Å². The van der Waals surface area contributed by atoms with Crippen molar-refractivity contribution in [3.8, 4) is 11.5 Å². The topological polar surface area (TPSA) is 103 Å². The van der Waals surface area contributed by atoms with Gasteiger partial charge >= 0.3 is 5.97 Å². The van der Waals surface area contributed by atoms with E-state index in [-0.39, 0.29) is 17.2 Å². The lowest BCUT2D eigenvalue weighted by atomic mass is 9.88. The summed E-state index contributed by atoms with van der Waals surface area (Å²) in [5.41, 5.74) is 1.06. The molecule has 1 aromatic heterocycles. The quantitative estimate of drug-likeness (QED) is 0.346. The normalized spacial score (nSPS) is 15.4. The highest BCUT2D eigenvalue weighted by Gasteiger charge is 2.24. The summed E-state index contributed by atoms with van der Waals surface area (Å²) < 4.78 is 13.5. The van der Waals surface area contributed by atoms with Crippen LogP contribution in [0.2, 0.25) is 0 Å². The van der Waals surface area contributed by atoms with Crippen LogP contribution in [0.5, 0.6) is 11.5 Å². The molecule has 8 nitrogen and oxygen atoms in total. The van der Waals surface area contributed by atoms with E-state index >= 15 is 0 Å². The average Bonchev–Trinajstić information content (AvgIpc) is 2.87. The van der Waals surface area contributed by atoms with Gasteiger partial charge in [-0.25, -0.2) is 9.78 Å². The lowest BCUT2D eigenvalue weighted by Crippen LogP contribution is -2.25. The van der Waals surface area contributed by atoms with Gasteiger partial charge in [-0.3, -0.25) is 4.79 Å². The second-order valence-corrected chi connectivity index (χ2v) is 9.99. The SMILES string of the molecule is COc1cc(C=Nn2c(C3CCCCC3)nc3ccccc3c2=O)c(Br)c(Br)c1O[C@@H](C)C(=O)O. The molecule has 0 spiro atoms. The van der Waals surface area contributed by atoms with Crippen molar-refractivity contribution in [2.75, 3.05) is 7.11 Å². The highest BCUT2D eigenvalue weighted by Crippen LogP contribution is 2.43. The number of benzene rings is 2. The second-order valence-electron chi connectivity index (χ2n) is 8.41. The molecular formula is C25H25Br2N3O5. The molecule has 0 amide bonds. The molecule has 0 aliphatic heterocycles. The minimum atomic E-state index is -1.10. The summed E-state index contributed by atoms with van der Waals surface area (Å²) in [6.45, 7) is 1.43. The molecular weight excluding hydrogens is 582 g/mol. The molecule has 4 rings (SSSR count). The lowest BCUT2D eigenvalue weighted by Gasteiger charge is -2.22. The monoisotopic (exact) mass is 605 g/mol. The number of methoxy groups -OCH3 is 1. The zero-order chi connectivity index (χ0) is 25.1. The first kappa shape index (κ1) is 25.4. The number of aliphatic carboxylic acids is 1. The van der Waals surface area contributed by atoms with Crippen molar-refractivity contribution in [3.63, 3.8) is 0 Å². The van der Waals surface area contributed by atoms with Gasteiger partial charge in [-0.05, 0) is 69.8 Å². The fourth-order valence-electron chi connectivity index (χ4n) is 4.18. The van der Waals surface area contributed by atoms with Crippen LogP contribution in [0.1, 0.15) is 56.3 Å². The first-order valence-electron chi connectivity index (χ1n) is 11.3. The number of halogens is 2. The largest absolute Gasteiger partial charge is 0.493 e. The summed E-state index contributed by atoms with van der Waals surface area (Å²) in [7, 11) is 1.47. The minimum absolute atomic E-state index is 0.163. The molecule has 1 heterocycles. The number of hydrogen-bond donors (Lipinski definition) is 1. The van der Waals surface area contributed by atoms with Crippen molar-refractivity contribution >= 4 is 54.9 Å². The van der Waals surface area contributed by atoms with Crippen molar-refractivity contribution in [1.82, 2.24) is 9.66 Å². The summed E-state index contributed by atoms with van der Waals surface area (Å²) in [4.78, 5) is 29.5. The van der Waals surface area contributed by atoms with E-state index in [2.05, 4.69) is 37.0 Å². The van der Waals surface area contributed by atoms with E-state index < -0.39 is 12.1 Å². The highest BCUT2D eigenvalue weighted by molar-refractivity contribution is 9.13. The lowest BCUT2D eigenvalue weighted by molar-refractivity contribution is -0.144. The Balaban J connectivity index is 1.80. The van der Waals surface area contributed by atoms with E-state index in [0.717, 1.165) is 25.7 Å². The van der Waals surface area contributed by atoms with Crippen LogP contribution in [0.4, 0.5) is 0 Å². The molecule has 184 valence electrons. The number of carboxylic acid groups (broad SMARTS) is 1. The molecule has 1 N–H and O–H groups in total. The molecule has 2 aromatic carbocycles. The van der Waals surface area contributed by atoms with Gasteiger partial charge in [0.15, 0.2) is 17.6 Å². The Bertz CT molecular complexity index is 1350. The summed E-state index contributed by atoms with van der Waals surface area (Å²) in [6.07, 6.45) is 5.81. The van der Waals surface area contributed by atoms with Crippen LogP contribution in [-0.2, 0) is 4.79 Å². The van der Waals surface area contributed by atoms with Crippen LogP contribution in [0.3, 0.4) is 0 Å². The van der Waals surface area contributed by atoms with E-state index in [0.29, 0.717) is 37.0 Å². The molecule has 10 heteroatoms. The number of para-hydroxylation sites is 1. The van der Waals surface area contributed by atoms with E-state index in [9.17, 15) is 14.7 Å². The molecule has 1 atom stereocenters. The first-order chi connectivity index (χ1) is 16.8. The zero-order valence-corrected chi connectivity index (χ0v) is 22.5. The van der Waals surface area contributed by atoms with Crippen molar-refractivity contribution in [2.45, 2.75) is 51.0 Å². The number of carbonyl (C=O) groups is 1. The van der Waals surface area contributed by atoms with Crippen LogP contribution in [0.15, 0.2) is 49.2 Å². The van der Waals surface area contributed by atoms with Crippen LogP contribution < -0.4 is 15.0 Å². The predicted octanol–water partition coefficient (Wildman–Crippen LogP) is 5.71. The summed E-state index contributed by atoms with van der Waals surface area (Å²) in [6, 6.07) is 8.97. The maximum Gasteiger partial charge on any atom is 0.344 e. The third-order valence-electron chi connectivity index (χ3n) is 6.08. The maximum absolute atomic E-state index is 13.4. The highest BCUT2D eigenvalue weighted by atomic mass is 79.9. The van der Waals surface area contributed by atoms with Gasteiger partial charge in [0, 0.05) is 16.0 Å². The molecule has 0 unspecified atom stereocenters. The molecule has 3 aromatic rings. The Hall–Kier alpha value is -2.72. The Morgan fingerprint density at radius 3 is 2.63 bits per heavy atom. The molecule has 1 saturated carbocycles. The Morgan fingerprint density at radius 2 is 1.94 bits per heavy atom. The zero-order valence-electron chi connectivity index (χ0n) is 19.3. The van der Waals surface area contributed by atoms with Gasteiger partial charge in [0.1, 0.15) is 5.82 Å². The molecule has 35 heavy (non-hydrogen) atoms. The average molecular weight is 607 g/mol. The third-order valence-corrected chi connectivity index (χ3v) is 8.22. The van der Waals surface area contributed by atoms with Crippen molar-refractivity contribution < 1.29 is 19.4 Å². The summed E-state index contributed by atoms with van der Waals surface area (Å²) in [5, 5.41) is 14.3. The molecule has 0 saturated heterocycles. The first-order valence-corrected chi connectivity index (χ1v) is 12.9. The fraction of sp³-hybridized carbons (Fsp3) is 0.360. The number of aromatic nitrogens is 2. The van der Waals surface area contributed by atoms with Crippen LogP contribution >= 0.6 is 31.9 Å². The predicted molar refractivity (Wildman–Crippen MR) is 141 cm³/mol. The summed E-state index contributed by atoms with van der Waals surface area (Å²) in [5.74, 6) is 0.308. The Kier molecular flexibility index (Phi) is 7.91. The van der Waals surface area contributed by atoms with Gasteiger partial charge in [-0.2, -0.15) is 9.78 Å². The van der Waals surface area contributed by atoms with Gasteiger partial charge in [-0.1, -0.05) is 31.4 Å². The fourth-order valence-corrected chi connectivity index (χ4v) is 5.10. The van der Waals surface area contributed by atoms with Gasteiger partial charge in [-0.15, -0.1) is 0 Å². The van der Waals surface area contributed by atoms with Crippen LogP contribution in [0, 0.1) is 0 Å². The standard InChI is InChI=1S/C25H25Br2N3O5/c1-14(25(32)33)35-22-19(34-2)12-16(20(26)21(22)27)13-28-30-23(15-8-4-3-5-9-15)29-18-11-7-6-10-17(18)24(30)31/h6-7,10-15H,3-5,8-9H2,1-2H3,(H,32,33)/t14-/m0/s1. The smallest absolute Gasteiger partial charge is 0.344 e. The third kappa shape index (κ3) is 5.28. The van der Waals surface area contributed by atoms with Gasteiger partial charge in [0.05, 0.1) is 28.7 Å². The summed E-state index contributed by atoms with van der Waals surface area (Å²) >= 11 is 6.99. The van der Waals surface area contributed by atoms with E-state index in [4.69, 9.17) is 14.5 Å². The van der Waals surface area contributed by atoms with E-state index in [1.807, 2.05) is 18.2 Å². The van der Waals surface area contributed by atoms with Gasteiger partial charge in [0.25, 0.3) is 5.56 Å². The number of nitrogens with zero attached hydrogens (tertiary/aromatic N) is 3. The number of rotatable bonds is 7. The Morgan fingerprint density at radius 1 is 1.23 bits per heavy atom. The maximum atomic E-state index is 13.4. The molecule has 1 aliphatic carbocycles. The van der Waals surface area contributed by atoms with Crippen LogP contribution in [0.25, 0.3) is 10.9 Å². The van der Waals surface area contributed by atoms with E-state index in [1.165, 1.54) is 25.1 Å². The van der Waals surface area contributed by atoms with Crippen molar-refractivity contribution in [2.24, 2.45) is 5.10 Å². The minimum Gasteiger partial charge on any atom is -0.493 e. The molecule has 1 fully saturated rings. The molecule has 0 radical (unpaired) electrons. The van der Waals surface area contributed by atoms with Gasteiger partial charge < -0.3 is 14.6 Å². The number of ether oxygens (including phenoxy) is 2. The molecule has 0 bridgehead atoms. The number of carboxylic acids is 1. The number of hydrogen-bond acceptors (Lipinski definition) is 6. The van der Waals surface area contributed by atoms with Crippen LogP contribution in [-0.4, -0.2) is 40.2 Å². The van der Waals surface area contributed by atoms with Gasteiger partial charge in [0.2, 0.25) is 0 Å². The van der Waals surface area contributed by atoms with Crippen molar-refractivity contribution in [1.29, 1.82) is 0 Å². The second kappa shape index (κ2) is 10.9. The molecule has 1 aliphatic rings. The van der Waals surface area contributed by atoms with E-state index in [1.54, 1.807) is 18.3 Å².